The number of alkyl halides is 2. The van der Waals surface area contributed by atoms with E-state index in [2.05, 4.69) is 15.4 Å². The molecular weight excluding hydrogens is 404 g/mol. The molecule has 1 fully saturated rings. The normalized spacial score (nSPS) is 21.4. The third kappa shape index (κ3) is 4.42. The minimum absolute atomic E-state index is 0.000831. The van der Waals surface area contributed by atoms with Gasteiger partial charge in [-0.25, -0.2) is 8.78 Å². The summed E-state index contributed by atoms with van der Waals surface area (Å²) in [4.78, 5) is 19.2. The summed E-state index contributed by atoms with van der Waals surface area (Å²) >= 11 is 0. The number of amides is 1. The van der Waals surface area contributed by atoms with Crippen LogP contribution >= 0.6 is 0 Å². The number of fused-ring (bicyclic) bond motifs is 1. The molecule has 2 aromatic rings. The maximum Gasteiger partial charge on any atom is 0.249 e. The van der Waals surface area contributed by atoms with Crippen LogP contribution in [0.4, 0.5) is 20.2 Å². The summed E-state index contributed by atoms with van der Waals surface area (Å²) in [5, 5.41) is 7.30. The standard InChI is InChI=1S/C22H29F2N5O2/c1-13-19-18(28(3)20(14(2)31-4)21(30)27-19)7-17(26-13)6-5-15-10-25-29(11-15)12-16-8-22(23,24)9-16/h7,10-11,14,16,20H,5-6,8-9,12H2,1-4H3,(H,27,30)/t14-,20+/m1/s1. The molecule has 4 rings (SSSR count). The molecular formula is C22H29F2N5O2. The second-order valence-electron chi connectivity index (χ2n) is 8.78. The first-order valence-electron chi connectivity index (χ1n) is 10.6. The number of ether oxygens (including phenoxy) is 1. The van der Waals surface area contributed by atoms with Gasteiger partial charge in [-0.3, -0.25) is 14.5 Å². The third-order valence-corrected chi connectivity index (χ3v) is 6.34. The molecule has 0 spiro atoms. The lowest BCUT2D eigenvalue weighted by Crippen LogP contribution is -2.52. The van der Waals surface area contributed by atoms with Gasteiger partial charge in [-0.2, -0.15) is 5.10 Å². The quantitative estimate of drug-likeness (QED) is 0.726. The minimum atomic E-state index is -2.50. The lowest BCUT2D eigenvalue weighted by Gasteiger charge is -2.38. The molecule has 0 unspecified atom stereocenters. The first-order valence-corrected chi connectivity index (χ1v) is 10.6. The van der Waals surface area contributed by atoms with Crippen LogP contribution in [0.1, 0.15) is 36.7 Å². The van der Waals surface area contributed by atoms with Gasteiger partial charge in [0.2, 0.25) is 11.8 Å². The number of hydrogen-bond acceptors (Lipinski definition) is 5. The average molecular weight is 434 g/mol. The Morgan fingerprint density at radius 2 is 2.10 bits per heavy atom. The van der Waals surface area contributed by atoms with E-state index in [4.69, 9.17) is 4.74 Å². The number of likely N-dealkylation sites (N-methyl/N-ethyl adjacent to an activating group) is 1. The molecule has 1 N–H and O–H groups in total. The van der Waals surface area contributed by atoms with E-state index in [1.807, 2.05) is 38.1 Å². The molecule has 2 aromatic heterocycles. The van der Waals surface area contributed by atoms with Crippen molar-refractivity contribution in [3.8, 4) is 0 Å². The number of nitrogens with one attached hydrogen (secondary N) is 1. The van der Waals surface area contributed by atoms with Gasteiger partial charge in [-0.1, -0.05) is 0 Å². The maximum absolute atomic E-state index is 13.0. The Morgan fingerprint density at radius 1 is 1.35 bits per heavy atom. The van der Waals surface area contributed by atoms with Crippen LogP contribution in [0.15, 0.2) is 18.5 Å². The van der Waals surface area contributed by atoms with E-state index in [9.17, 15) is 13.6 Å². The number of aromatic nitrogens is 3. The first kappa shape index (κ1) is 21.7. The van der Waals surface area contributed by atoms with Crippen molar-refractivity contribution in [3.05, 3.63) is 35.4 Å². The van der Waals surface area contributed by atoms with Gasteiger partial charge in [-0.05, 0) is 44.2 Å². The Labute approximate surface area is 180 Å². The minimum Gasteiger partial charge on any atom is -0.379 e. The predicted octanol–water partition coefficient (Wildman–Crippen LogP) is 3.21. The summed E-state index contributed by atoms with van der Waals surface area (Å²) in [7, 11) is 3.50. The number of halogens is 2. The molecule has 7 nitrogen and oxygen atoms in total. The number of carbonyl (C=O) groups is 1. The van der Waals surface area contributed by atoms with Gasteiger partial charge in [0.25, 0.3) is 0 Å². The van der Waals surface area contributed by atoms with Crippen LogP contribution in [0.3, 0.4) is 0 Å². The van der Waals surface area contributed by atoms with E-state index in [0.717, 1.165) is 34.7 Å². The van der Waals surface area contributed by atoms with Gasteiger partial charge in [-0.15, -0.1) is 0 Å². The summed E-state index contributed by atoms with van der Waals surface area (Å²) in [5.74, 6) is -2.59. The van der Waals surface area contributed by atoms with E-state index < -0.39 is 12.0 Å². The lowest BCUT2D eigenvalue weighted by atomic mass is 9.81. The van der Waals surface area contributed by atoms with Crippen molar-refractivity contribution in [1.29, 1.82) is 0 Å². The monoisotopic (exact) mass is 433 g/mol. The van der Waals surface area contributed by atoms with Crippen molar-refractivity contribution in [3.63, 3.8) is 0 Å². The van der Waals surface area contributed by atoms with Crippen LogP contribution in [0.2, 0.25) is 0 Å². The SMILES string of the molecule is CO[C@H](C)[C@H]1C(=O)Nc2c(cc(CCc3cnn(CC4CC(F)(F)C4)c3)nc2C)N1C. The van der Waals surface area contributed by atoms with Gasteiger partial charge in [0.05, 0.1) is 29.4 Å². The number of nitrogens with zero attached hydrogens (tertiary/aromatic N) is 4. The van der Waals surface area contributed by atoms with Crippen molar-refractivity contribution in [2.75, 3.05) is 24.4 Å². The maximum atomic E-state index is 13.0. The average Bonchev–Trinajstić information content (AvgIpc) is 3.13. The van der Waals surface area contributed by atoms with Crippen LogP contribution in [-0.4, -0.2) is 52.9 Å². The zero-order valence-electron chi connectivity index (χ0n) is 18.4. The molecule has 1 saturated carbocycles. The van der Waals surface area contributed by atoms with Crippen molar-refractivity contribution < 1.29 is 18.3 Å². The molecule has 9 heteroatoms. The summed E-state index contributed by atoms with van der Waals surface area (Å²) in [5.41, 5.74) is 4.42. The Balaban J connectivity index is 1.43. The van der Waals surface area contributed by atoms with Gasteiger partial charge >= 0.3 is 0 Å². The van der Waals surface area contributed by atoms with Gasteiger partial charge in [0, 0.05) is 45.4 Å². The zero-order valence-corrected chi connectivity index (χ0v) is 18.4. The molecule has 3 heterocycles. The number of aryl methyl sites for hydroxylation is 3. The Bertz CT molecular complexity index is 969. The highest BCUT2D eigenvalue weighted by molar-refractivity contribution is 6.04. The third-order valence-electron chi connectivity index (χ3n) is 6.34. The van der Waals surface area contributed by atoms with Crippen molar-refractivity contribution in [2.45, 2.75) is 64.1 Å². The molecule has 0 radical (unpaired) electrons. The number of carbonyl (C=O) groups excluding carboxylic acids is 1. The Kier molecular flexibility index (Phi) is 5.72. The molecule has 31 heavy (non-hydrogen) atoms. The van der Waals surface area contributed by atoms with E-state index in [-0.39, 0.29) is 30.8 Å². The molecule has 1 aliphatic heterocycles. The first-order chi connectivity index (χ1) is 14.7. The van der Waals surface area contributed by atoms with Gasteiger partial charge in [0.15, 0.2) is 0 Å². The van der Waals surface area contributed by atoms with Crippen molar-refractivity contribution >= 4 is 17.3 Å². The van der Waals surface area contributed by atoms with Crippen molar-refractivity contribution in [2.24, 2.45) is 5.92 Å². The summed E-state index contributed by atoms with van der Waals surface area (Å²) in [6.45, 7) is 4.31. The summed E-state index contributed by atoms with van der Waals surface area (Å²) < 4.78 is 33.2. The highest BCUT2D eigenvalue weighted by atomic mass is 19.3. The van der Waals surface area contributed by atoms with E-state index >= 15 is 0 Å². The van der Waals surface area contributed by atoms with E-state index in [1.165, 1.54) is 0 Å². The number of rotatable bonds is 7. The molecule has 0 saturated heterocycles. The lowest BCUT2D eigenvalue weighted by molar-refractivity contribution is -0.120. The van der Waals surface area contributed by atoms with Crippen LogP contribution in [-0.2, 0) is 28.9 Å². The van der Waals surface area contributed by atoms with Crippen LogP contribution in [0, 0.1) is 12.8 Å². The topological polar surface area (TPSA) is 72.3 Å². The molecule has 1 amide bonds. The summed E-state index contributed by atoms with van der Waals surface area (Å²) in [6, 6.07) is 1.60. The van der Waals surface area contributed by atoms with Crippen LogP contribution < -0.4 is 10.2 Å². The predicted molar refractivity (Wildman–Crippen MR) is 114 cm³/mol. The number of methoxy groups -OCH3 is 1. The second kappa shape index (κ2) is 8.18. The molecule has 2 atom stereocenters. The number of anilines is 2. The number of hydrogen-bond donors (Lipinski definition) is 1. The molecule has 0 aromatic carbocycles. The van der Waals surface area contributed by atoms with Gasteiger partial charge in [0.1, 0.15) is 6.04 Å². The second-order valence-corrected chi connectivity index (χ2v) is 8.78. The fourth-order valence-corrected chi connectivity index (χ4v) is 4.55. The highest BCUT2D eigenvalue weighted by Crippen LogP contribution is 2.43. The van der Waals surface area contributed by atoms with Crippen LogP contribution in [0.5, 0.6) is 0 Å². The highest BCUT2D eigenvalue weighted by Gasteiger charge is 2.45. The molecule has 168 valence electrons. The van der Waals surface area contributed by atoms with E-state index in [0.29, 0.717) is 13.0 Å². The Hall–Kier alpha value is -2.55. The largest absolute Gasteiger partial charge is 0.379 e. The zero-order chi connectivity index (χ0) is 22.3. The van der Waals surface area contributed by atoms with Gasteiger partial charge < -0.3 is 15.0 Å². The Morgan fingerprint density at radius 3 is 2.77 bits per heavy atom. The smallest absolute Gasteiger partial charge is 0.249 e. The fourth-order valence-electron chi connectivity index (χ4n) is 4.55. The summed E-state index contributed by atoms with van der Waals surface area (Å²) in [6.07, 6.45) is 4.85. The van der Waals surface area contributed by atoms with E-state index in [1.54, 1.807) is 18.0 Å². The fraction of sp³-hybridized carbons (Fsp3) is 0.591. The number of pyridine rings is 1. The molecule has 0 bridgehead atoms. The van der Waals surface area contributed by atoms with Crippen LogP contribution in [0.25, 0.3) is 0 Å². The molecule has 2 aliphatic rings. The van der Waals surface area contributed by atoms with Crippen molar-refractivity contribution in [1.82, 2.24) is 14.8 Å². The molecule has 1 aliphatic carbocycles.